The average Bonchev–Trinajstić information content (AvgIpc) is 3.63. The van der Waals surface area contributed by atoms with E-state index in [1.54, 1.807) is 0 Å². The van der Waals surface area contributed by atoms with Crippen LogP contribution in [0.2, 0.25) is 0 Å². The van der Waals surface area contributed by atoms with E-state index in [1.807, 2.05) is 34.1 Å². The summed E-state index contributed by atoms with van der Waals surface area (Å²) < 4.78 is 6.12. The quantitative estimate of drug-likeness (QED) is 0.744. The summed E-state index contributed by atoms with van der Waals surface area (Å²) in [6.45, 7) is 2.53. The lowest BCUT2D eigenvalue weighted by molar-refractivity contribution is -0.134. The minimum atomic E-state index is 0.0797. The molecule has 6 heteroatoms. The fourth-order valence-corrected chi connectivity index (χ4v) is 4.71. The van der Waals surface area contributed by atoms with E-state index in [0.29, 0.717) is 11.5 Å². The second-order valence-electron chi connectivity index (χ2n) is 8.96. The first-order valence-corrected chi connectivity index (χ1v) is 11.6. The number of aliphatic hydroxyl groups is 1. The van der Waals surface area contributed by atoms with Gasteiger partial charge in [0.25, 0.3) is 5.91 Å². The molecule has 6 nitrogen and oxygen atoms in total. The number of hydrogen-bond acceptors (Lipinski definition) is 4. The van der Waals surface area contributed by atoms with Crippen LogP contribution in [0.3, 0.4) is 0 Å². The molecule has 1 saturated carbocycles. The molecule has 4 rings (SSSR count). The van der Waals surface area contributed by atoms with E-state index in [4.69, 9.17) is 9.84 Å². The number of rotatable bonds is 7. The average molecular weight is 415 g/mol. The Kier molecular flexibility index (Phi) is 6.93. The fourth-order valence-electron chi connectivity index (χ4n) is 4.71. The molecule has 1 atom stereocenters. The molecule has 1 aromatic carbocycles. The molecule has 3 aliphatic rings. The Morgan fingerprint density at radius 2 is 1.70 bits per heavy atom. The number of ether oxygens (including phenoxy) is 1. The van der Waals surface area contributed by atoms with Crippen molar-refractivity contribution in [2.75, 3.05) is 26.2 Å². The van der Waals surface area contributed by atoms with Gasteiger partial charge in [-0.15, -0.1) is 0 Å². The predicted octanol–water partition coefficient (Wildman–Crippen LogP) is 3.23. The third-order valence-corrected chi connectivity index (χ3v) is 6.67. The van der Waals surface area contributed by atoms with E-state index in [2.05, 4.69) is 0 Å². The molecule has 0 radical (unpaired) electrons. The molecule has 0 spiro atoms. The third-order valence-electron chi connectivity index (χ3n) is 6.67. The van der Waals surface area contributed by atoms with Crippen LogP contribution in [0, 0.1) is 5.92 Å². The number of carbonyl (C=O) groups is 2. The highest BCUT2D eigenvalue weighted by Gasteiger charge is 2.35. The van der Waals surface area contributed by atoms with Crippen molar-refractivity contribution in [3.8, 4) is 5.75 Å². The second kappa shape index (κ2) is 9.82. The smallest absolute Gasteiger partial charge is 0.254 e. The Balaban J connectivity index is 1.29. The zero-order valence-corrected chi connectivity index (χ0v) is 17.8. The largest absolute Gasteiger partial charge is 0.490 e. The van der Waals surface area contributed by atoms with Gasteiger partial charge in [0.2, 0.25) is 5.91 Å². The van der Waals surface area contributed by atoms with Crippen molar-refractivity contribution in [2.24, 2.45) is 5.92 Å². The van der Waals surface area contributed by atoms with Crippen molar-refractivity contribution in [3.63, 3.8) is 0 Å². The molecule has 2 aliphatic heterocycles. The molecule has 1 aliphatic carbocycles. The van der Waals surface area contributed by atoms with Gasteiger partial charge in [-0.25, -0.2) is 0 Å². The third kappa shape index (κ3) is 5.15. The first-order chi connectivity index (χ1) is 14.7. The Morgan fingerprint density at radius 1 is 0.967 bits per heavy atom. The number of likely N-dealkylation sites (tertiary alicyclic amines) is 2. The zero-order chi connectivity index (χ0) is 20.9. The van der Waals surface area contributed by atoms with Crippen LogP contribution in [0.15, 0.2) is 24.3 Å². The molecule has 2 saturated heterocycles. The summed E-state index contributed by atoms with van der Waals surface area (Å²) in [5, 5.41) is 9.14. The molecule has 2 amide bonds. The summed E-state index contributed by atoms with van der Waals surface area (Å²) in [7, 11) is 0. The number of amides is 2. The van der Waals surface area contributed by atoms with Crippen molar-refractivity contribution in [3.05, 3.63) is 29.8 Å². The van der Waals surface area contributed by atoms with Gasteiger partial charge in [0.15, 0.2) is 0 Å². The molecule has 164 valence electrons. The van der Waals surface area contributed by atoms with Crippen molar-refractivity contribution in [1.82, 2.24) is 9.80 Å². The lowest BCUT2D eigenvalue weighted by Crippen LogP contribution is -2.43. The summed E-state index contributed by atoms with van der Waals surface area (Å²) >= 11 is 0. The molecular weight excluding hydrogens is 380 g/mol. The molecule has 3 fully saturated rings. The number of nitrogens with zero attached hydrogens (tertiary/aromatic N) is 2. The number of aliphatic hydroxyl groups excluding tert-OH is 1. The minimum Gasteiger partial charge on any atom is -0.490 e. The Labute approximate surface area is 179 Å². The van der Waals surface area contributed by atoms with Crippen molar-refractivity contribution < 1.29 is 19.4 Å². The van der Waals surface area contributed by atoms with Gasteiger partial charge in [0.05, 0.1) is 0 Å². The summed E-state index contributed by atoms with van der Waals surface area (Å²) in [4.78, 5) is 29.2. The van der Waals surface area contributed by atoms with Gasteiger partial charge < -0.3 is 19.6 Å². The molecular formula is C24H34N2O4. The number of hydrogen-bond donors (Lipinski definition) is 1. The van der Waals surface area contributed by atoms with Crippen LogP contribution in [0.4, 0.5) is 0 Å². The number of carbonyl (C=O) groups excluding carboxylic acids is 2. The first-order valence-electron chi connectivity index (χ1n) is 11.6. The molecule has 0 bridgehead atoms. The van der Waals surface area contributed by atoms with Crippen LogP contribution in [0.1, 0.15) is 68.1 Å². The van der Waals surface area contributed by atoms with Crippen LogP contribution in [0.25, 0.3) is 0 Å². The highest BCUT2D eigenvalue weighted by molar-refractivity contribution is 5.94. The van der Waals surface area contributed by atoms with Gasteiger partial charge in [0.1, 0.15) is 11.9 Å². The lowest BCUT2D eigenvalue weighted by Gasteiger charge is -2.36. The van der Waals surface area contributed by atoms with Gasteiger partial charge in [-0.3, -0.25) is 9.59 Å². The van der Waals surface area contributed by atoms with E-state index in [-0.39, 0.29) is 30.6 Å². The maximum Gasteiger partial charge on any atom is 0.254 e. The predicted molar refractivity (Wildman–Crippen MR) is 114 cm³/mol. The molecule has 30 heavy (non-hydrogen) atoms. The van der Waals surface area contributed by atoms with Crippen molar-refractivity contribution in [2.45, 2.75) is 69.9 Å². The van der Waals surface area contributed by atoms with E-state index in [9.17, 15) is 9.59 Å². The molecule has 0 aromatic heterocycles. The van der Waals surface area contributed by atoms with Crippen molar-refractivity contribution >= 4 is 11.8 Å². The fraction of sp³-hybridized carbons (Fsp3) is 0.667. The van der Waals surface area contributed by atoms with E-state index in [0.717, 1.165) is 83.2 Å². The van der Waals surface area contributed by atoms with E-state index < -0.39 is 0 Å². The normalized spacial score (nSPS) is 22.8. The number of piperidine rings is 2. The molecule has 0 unspecified atom stereocenters. The highest BCUT2D eigenvalue weighted by Crippen LogP contribution is 2.32. The topological polar surface area (TPSA) is 70.1 Å². The Hall–Kier alpha value is -2.08. The van der Waals surface area contributed by atoms with Crippen molar-refractivity contribution in [1.29, 1.82) is 0 Å². The second-order valence-corrected chi connectivity index (χ2v) is 8.96. The summed E-state index contributed by atoms with van der Waals surface area (Å²) in [6, 6.07) is 7.74. The minimum absolute atomic E-state index is 0.0797. The van der Waals surface area contributed by atoms with Crippen LogP contribution >= 0.6 is 0 Å². The van der Waals surface area contributed by atoms with Gasteiger partial charge in [0, 0.05) is 56.6 Å². The Bertz CT molecular complexity index is 723. The maximum atomic E-state index is 13.0. The lowest BCUT2D eigenvalue weighted by atomic mass is 9.97. The molecule has 1 N–H and O–H groups in total. The van der Waals surface area contributed by atoms with Gasteiger partial charge in [-0.2, -0.15) is 0 Å². The molecule has 2 heterocycles. The first kappa shape index (κ1) is 21.2. The van der Waals surface area contributed by atoms with Crippen LogP contribution in [-0.2, 0) is 4.79 Å². The van der Waals surface area contributed by atoms with Gasteiger partial charge >= 0.3 is 0 Å². The monoisotopic (exact) mass is 414 g/mol. The standard InChI is InChI=1S/C24H34N2O4/c27-17-3-5-20-4-1-2-14-26(20)24(29)19-8-10-21(11-9-19)30-22-12-15-25(16-13-22)23(28)18-6-7-18/h8-11,18,20,22,27H,1-7,12-17H2/t20-/m1/s1. The van der Waals surface area contributed by atoms with E-state index in [1.165, 1.54) is 0 Å². The summed E-state index contributed by atoms with van der Waals surface area (Å²) in [5.74, 6) is 1.48. The Morgan fingerprint density at radius 3 is 2.37 bits per heavy atom. The zero-order valence-electron chi connectivity index (χ0n) is 17.8. The van der Waals surface area contributed by atoms with Crippen LogP contribution in [-0.4, -0.2) is 65.1 Å². The van der Waals surface area contributed by atoms with Crippen LogP contribution < -0.4 is 4.74 Å². The van der Waals surface area contributed by atoms with Gasteiger partial charge in [-0.1, -0.05) is 0 Å². The summed E-state index contributed by atoms with van der Waals surface area (Å²) in [6.07, 6.45) is 8.79. The van der Waals surface area contributed by atoms with Gasteiger partial charge in [-0.05, 0) is 69.2 Å². The molecule has 1 aromatic rings. The number of benzene rings is 1. The summed E-state index contributed by atoms with van der Waals surface area (Å²) in [5.41, 5.74) is 0.697. The highest BCUT2D eigenvalue weighted by atomic mass is 16.5. The van der Waals surface area contributed by atoms with Crippen LogP contribution in [0.5, 0.6) is 5.75 Å². The van der Waals surface area contributed by atoms with E-state index >= 15 is 0 Å². The SMILES string of the molecule is O=C(C1CC1)N1CCC(Oc2ccc(C(=O)N3CCCC[C@@H]3CCCO)cc2)CC1. The maximum absolute atomic E-state index is 13.0.